The number of hydrogen-bond acceptors (Lipinski definition) is 10. The third-order valence-corrected chi connectivity index (χ3v) is 10.1. The molecule has 2 amide bonds. The highest BCUT2D eigenvalue weighted by Crippen LogP contribution is 2.68. The quantitative estimate of drug-likeness (QED) is 0.187. The van der Waals surface area contributed by atoms with Gasteiger partial charge in [0.1, 0.15) is 11.8 Å². The van der Waals surface area contributed by atoms with Crippen molar-refractivity contribution in [3.05, 3.63) is 35.1 Å². The average Bonchev–Trinajstić information content (AvgIpc) is 3.35. The number of hydrogen-bond donors (Lipinski definition) is 4. The van der Waals surface area contributed by atoms with Gasteiger partial charge >= 0.3 is 11.9 Å². The molecule has 12 heteroatoms. The van der Waals surface area contributed by atoms with Crippen molar-refractivity contribution in [1.82, 2.24) is 10.6 Å². The van der Waals surface area contributed by atoms with Gasteiger partial charge < -0.3 is 40.4 Å². The maximum Gasteiger partial charge on any atom is 0.352 e. The van der Waals surface area contributed by atoms with Crippen molar-refractivity contribution < 1.29 is 43.2 Å². The van der Waals surface area contributed by atoms with Crippen molar-refractivity contribution in [2.75, 3.05) is 20.2 Å². The highest BCUT2D eigenvalue weighted by atomic mass is 16.6. The number of esters is 2. The first-order valence-electron chi connectivity index (χ1n) is 15.9. The van der Waals surface area contributed by atoms with Gasteiger partial charge in [0.2, 0.25) is 11.8 Å². The van der Waals surface area contributed by atoms with Gasteiger partial charge in [-0.05, 0) is 88.0 Å². The summed E-state index contributed by atoms with van der Waals surface area (Å²) < 4.78 is 23.3. The van der Waals surface area contributed by atoms with Crippen molar-refractivity contribution in [2.45, 2.75) is 101 Å². The fraction of sp³-hybridized carbons (Fsp3) is 0.636. The molecule has 1 unspecified atom stereocenters. The van der Waals surface area contributed by atoms with Gasteiger partial charge in [0, 0.05) is 19.0 Å². The molecule has 5 rings (SSSR count). The molecule has 0 saturated heterocycles. The highest BCUT2D eigenvalue weighted by Gasteiger charge is 2.72. The SMILES string of the molecule is COc1ccc2c3c1O[C@H]1C(OC(=O)[C@H](C)OC(=O)CCNC(=O)[C@H](CCCCN)NC(C)=O)=CC[C@@]4(O)[C@@H](C2)C(C)CC[C@]314. The van der Waals surface area contributed by atoms with Crippen molar-refractivity contribution in [1.29, 1.82) is 0 Å². The van der Waals surface area contributed by atoms with Crippen LogP contribution in [0.25, 0.3) is 0 Å². The molecule has 0 aromatic heterocycles. The van der Waals surface area contributed by atoms with Crippen LogP contribution in [0.5, 0.6) is 11.5 Å². The Morgan fingerprint density at radius 2 is 2.00 bits per heavy atom. The fourth-order valence-corrected chi connectivity index (χ4v) is 7.89. The Labute approximate surface area is 263 Å². The van der Waals surface area contributed by atoms with Crippen LogP contribution in [0.1, 0.15) is 76.8 Å². The third kappa shape index (κ3) is 5.78. The molecule has 1 fully saturated rings. The minimum atomic E-state index is -1.23. The summed E-state index contributed by atoms with van der Waals surface area (Å²) in [5.74, 6) is -0.433. The Balaban J connectivity index is 1.22. The molecule has 7 atom stereocenters. The first-order chi connectivity index (χ1) is 21.5. The molecule has 1 heterocycles. The number of unbranched alkanes of at least 4 members (excludes halogenated alkanes) is 1. The molecular weight excluding hydrogens is 582 g/mol. The van der Waals surface area contributed by atoms with Gasteiger partial charge in [-0.25, -0.2) is 4.79 Å². The van der Waals surface area contributed by atoms with Crippen LogP contribution in [0.2, 0.25) is 0 Å². The Morgan fingerprint density at radius 3 is 2.71 bits per heavy atom. The predicted octanol–water partition coefficient (Wildman–Crippen LogP) is 1.93. The van der Waals surface area contributed by atoms with Crippen LogP contribution in [-0.2, 0) is 40.5 Å². The van der Waals surface area contributed by atoms with Crippen LogP contribution in [-0.4, -0.2) is 72.9 Å². The third-order valence-electron chi connectivity index (χ3n) is 10.1. The van der Waals surface area contributed by atoms with Crippen molar-refractivity contribution in [3.63, 3.8) is 0 Å². The van der Waals surface area contributed by atoms with Crippen LogP contribution in [0.3, 0.4) is 0 Å². The van der Waals surface area contributed by atoms with Gasteiger partial charge in [0.15, 0.2) is 23.7 Å². The van der Waals surface area contributed by atoms with Gasteiger partial charge in [0.25, 0.3) is 0 Å². The number of nitrogens with two attached hydrogens (primary N) is 1. The zero-order chi connectivity index (χ0) is 32.5. The summed E-state index contributed by atoms with van der Waals surface area (Å²) in [6.45, 7) is 5.39. The molecule has 246 valence electrons. The molecule has 1 aromatic rings. The topological polar surface area (TPSA) is 176 Å². The Kier molecular flexibility index (Phi) is 9.46. The molecule has 12 nitrogen and oxygen atoms in total. The van der Waals surface area contributed by atoms with Crippen molar-refractivity contribution >= 4 is 23.8 Å². The monoisotopic (exact) mass is 627 g/mol. The van der Waals surface area contributed by atoms with E-state index in [2.05, 4.69) is 17.6 Å². The summed E-state index contributed by atoms with van der Waals surface area (Å²) in [5, 5.41) is 17.6. The zero-order valence-electron chi connectivity index (χ0n) is 26.5. The average molecular weight is 628 g/mol. The van der Waals surface area contributed by atoms with Crippen LogP contribution < -0.4 is 25.8 Å². The molecule has 1 spiro atoms. The largest absolute Gasteiger partial charge is 0.493 e. The molecule has 45 heavy (non-hydrogen) atoms. The summed E-state index contributed by atoms with van der Waals surface area (Å²) >= 11 is 0. The van der Waals surface area contributed by atoms with Crippen LogP contribution in [0.4, 0.5) is 0 Å². The lowest BCUT2D eigenvalue weighted by atomic mass is 9.45. The summed E-state index contributed by atoms with van der Waals surface area (Å²) in [5.41, 5.74) is 5.73. The Morgan fingerprint density at radius 1 is 1.22 bits per heavy atom. The zero-order valence-corrected chi connectivity index (χ0v) is 26.5. The van der Waals surface area contributed by atoms with Crippen LogP contribution >= 0.6 is 0 Å². The fourth-order valence-electron chi connectivity index (χ4n) is 7.89. The summed E-state index contributed by atoms with van der Waals surface area (Å²) in [6.07, 6.45) is 4.01. The molecule has 1 aliphatic heterocycles. The van der Waals surface area contributed by atoms with E-state index < -0.39 is 47.1 Å². The summed E-state index contributed by atoms with van der Waals surface area (Å²) in [6, 6.07) is 3.20. The number of carbonyl (C=O) groups excluding carboxylic acids is 4. The lowest BCUT2D eigenvalue weighted by Crippen LogP contribution is -2.69. The number of carbonyl (C=O) groups is 4. The van der Waals surface area contributed by atoms with Gasteiger partial charge in [-0.1, -0.05) is 13.0 Å². The first-order valence-corrected chi connectivity index (χ1v) is 15.9. The number of rotatable bonds is 13. The molecular formula is C33H45N3O9. The second-order valence-electron chi connectivity index (χ2n) is 12.8. The van der Waals surface area contributed by atoms with E-state index in [1.165, 1.54) is 13.8 Å². The summed E-state index contributed by atoms with van der Waals surface area (Å²) in [4.78, 5) is 49.8. The standard InChI is InChI=1S/C33H45N3O9/c1-18-10-13-32-27-21-8-9-24(42-4)28(27)45-29(32)25(11-14-33(32,41)22(18)17-21)44-31(40)19(2)43-26(38)12-16-35-30(39)23(36-20(3)37)7-5-6-15-34/h8-9,11,18-19,22-23,29,41H,5-7,10,12-17,34H2,1-4H3,(H,35,39)(H,36,37)/t18?,19-,22-,23-,29-,32-,33+/m0/s1. The molecule has 1 aromatic carbocycles. The minimum Gasteiger partial charge on any atom is -0.493 e. The maximum atomic E-state index is 13.2. The molecule has 4 aliphatic rings. The second-order valence-corrected chi connectivity index (χ2v) is 12.8. The normalized spacial score (nSPS) is 28.4. The maximum absolute atomic E-state index is 13.2. The minimum absolute atomic E-state index is 0.0255. The number of benzene rings is 1. The van der Waals surface area contributed by atoms with Crippen molar-refractivity contribution in [2.24, 2.45) is 17.6 Å². The molecule has 2 bridgehead atoms. The van der Waals surface area contributed by atoms with E-state index in [4.69, 9.17) is 24.7 Å². The second kappa shape index (κ2) is 13.0. The molecule has 3 aliphatic carbocycles. The number of ether oxygens (including phenoxy) is 4. The van der Waals surface area contributed by atoms with E-state index in [1.807, 2.05) is 12.1 Å². The Bertz CT molecular complexity index is 1380. The van der Waals surface area contributed by atoms with Gasteiger partial charge in [0.05, 0.1) is 24.5 Å². The Hall–Kier alpha value is -3.64. The predicted molar refractivity (Wildman–Crippen MR) is 162 cm³/mol. The van der Waals surface area contributed by atoms with E-state index in [9.17, 15) is 24.3 Å². The van der Waals surface area contributed by atoms with E-state index in [-0.39, 0.29) is 30.5 Å². The number of aliphatic hydroxyl groups is 1. The summed E-state index contributed by atoms with van der Waals surface area (Å²) in [7, 11) is 1.57. The first kappa shape index (κ1) is 32.7. The number of amides is 2. The van der Waals surface area contributed by atoms with Gasteiger partial charge in [-0.15, -0.1) is 0 Å². The van der Waals surface area contributed by atoms with Gasteiger partial charge in [-0.2, -0.15) is 0 Å². The van der Waals surface area contributed by atoms with Crippen LogP contribution in [0.15, 0.2) is 24.0 Å². The van der Waals surface area contributed by atoms with Crippen molar-refractivity contribution in [3.8, 4) is 11.5 Å². The molecule has 1 saturated carbocycles. The van der Waals surface area contributed by atoms with Gasteiger partial charge in [-0.3, -0.25) is 14.4 Å². The van der Waals surface area contributed by atoms with E-state index in [0.29, 0.717) is 49.6 Å². The number of nitrogens with one attached hydrogen (secondary N) is 2. The molecule has 0 radical (unpaired) electrons. The molecule has 5 N–H and O–H groups in total. The van der Waals surface area contributed by atoms with E-state index >= 15 is 0 Å². The smallest absolute Gasteiger partial charge is 0.352 e. The lowest BCUT2D eigenvalue weighted by Gasteiger charge is -2.61. The van der Waals surface area contributed by atoms with Crippen LogP contribution in [0, 0.1) is 11.8 Å². The highest BCUT2D eigenvalue weighted by molar-refractivity contribution is 5.87. The number of methoxy groups -OCH3 is 1. The van der Waals surface area contributed by atoms with E-state index in [1.54, 1.807) is 13.2 Å². The lowest BCUT2D eigenvalue weighted by molar-refractivity contribution is -0.176. The van der Waals surface area contributed by atoms with E-state index in [0.717, 1.165) is 30.4 Å².